The number of aliphatic hydroxyl groups excluding tert-OH is 2. The molecule has 1 fully saturated rings. The zero-order valence-corrected chi connectivity index (χ0v) is 10.6. The molecule has 1 heterocycles. The first kappa shape index (κ1) is 16.1. The summed E-state index contributed by atoms with van der Waals surface area (Å²) in [5, 5.41) is 17.8. The Morgan fingerprint density at radius 3 is 2.25 bits per heavy atom. The number of hydrogen-bond acceptors (Lipinski definition) is 8. The third kappa shape index (κ3) is 4.94. The van der Waals surface area contributed by atoms with E-state index in [9.17, 15) is 19.2 Å². The van der Waals surface area contributed by atoms with Crippen molar-refractivity contribution in [2.75, 3.05) is 13.2 Å². The molecular formula is C11H15NO8. The fourth-order valence-corrected chi connectivity index (χ4v) is 1.32. The van der Waals surface area contributed by atoms with E-state index < -0.39 is 36.5 Å². The molecule has 9 nitrogen and oxygen atoms in total. The van der Waals surface area contributed by atoms with Crippen molar-refractivity contribution in [2.45, 2.75) is 31.8 Å². The monoisotopic (exact) mass is 289 g/mol. The van der Waals surface area contributed by atoms with Crippen molar-refractivity contribution in [1.82, 2.24) is 5.06 Å². The van der Waals surface area contributed by atoms with E-state index in [0.29, 0.717) is 5.06 Å². The number of imide groups is 1. The summed E-state index contributed by atoms with van der Waals surface area (Å²) in [6.07, 6.45) is -1.88. The summed E-state index contributed by atoms with van der Waals surface area (Å²) in [4.78, 5) is 49.3. The lowest BCUT2D eigenvalue weighted by molar-refractivity contribution is -0.197. The van der Waals surface area contributed by atoms with Gasteiger partial charge < -0.3 is 19.8 Å². The van der Waals surface area contributed by atoms with Gasteiger partial charge in [-0.3, -0.25) is 14.4 Å². The van der Waals surface area contributed by atoms with Crippen LogP contribution in [0.15, 0.2) is 0 Å². The molecule has 1 aliphatic heterocycles. The number of hydrogen-bond donors (Lipinski definition) is 2. The summed E-state index contributed by atoms with van der Waals surface area (Å²) >= 11 is 0. The second kappa shape index (κ2) is 7.56. The molecule has 0 aliphatic carbocycles. The Hall–Kier alpha value is -2.00. The molecule has 0 aromatic carbocycles. The molecule has 0 spiro atoms. The van der Waals surface area contributed by atoms with Gasteiger partial charge in [0.15, 0.2) is 0 Å². The Labute approximate surface area is 114 Å². The zero-order chi connectivity index (χ0) is 15.1. The van der Waals surface area contributed by atoms with Gasteiger partial charge in [-0.2, -0.15) is 0 Å². The first-order chi connectivity index (χ1) is 9.43. The van der Waals surface area contributed by atoms with Crippen molar-refractivity contribution in [3.63, 3.8) is 0 Å². The van der Waals surface area contributed by atoms with Gasteiger partial charge in [0.1, 0.15) is 12.7 Å². The van der Waals surface area contributed by atoms with E-state index in [-0.39, 0.29) is 32.3 Å². The van der Waals surface area contributed by atoms with Gasteiger partial charge in [-0.1, -0.05) is 0 Å². The molecule has 1 saturated heterocycles. The molecule has 0 aromatic heterocycles. The van der Waals surface area contributed by atoms with E-state index in [0.717, 1.165) is 0 Å². The number of esters is 1. The highest BCUT2D eigenvalue weighted by atomic mass is 16.7. The van der Waals surface area contributed by atoms with Crippen LogP contribution in [0.1, 0.15) is 25.7 Å². The van der Waals surface area contributed by atoms with E-state index >= 15 is 0 Å². The molecule has 1 aliphatic rings. The highest BCUT2D eigenvalue weighted by molar-refractivity contribution is 6.01. The largest absolute Gasteiger partial charge is 0.463 e. The Bertz CT molecular complexity index is 391. The Kier molecular flexibility index (Phi) is 6.07. The first-order valence-corrected chi connectivity index (χ1v) is 5.95. The second-order valence-corrected chi connectivity index (χ2v) is 4.06. The van der Waals surface area contributed by atoms with Crippen molar-refractivity contribution in [1.29, 1.82) is 0 Å². The molecule has 1 atom stereocenters. The van der Waals surface area contributed by atoms with Crippen LogP contribution >= 0.6 is 0 Å². The highest BCUT2D eigenvalue weighted by Crippen LogP contribution is 2.13. The van der Waals surface area contributed by atoms with Gasteiger partial charge in [0.05, 0.1) is 19.4 Å². The molecule has 1 rings (SSSR count). The van der Waals surface area contributed by atoms with E-state index in [2.05, 4.69) is 9.57 Å². The number of carbonyl (C=O) groups is 4. The Morgan fingerprint density at radius 2 is 1.70 bits per heavy atom. The number of rotatable bonds is 7. The van der Waals surface area contributed by atoms with E-state index in [1.807, 2.05) is 0 Å². The molecule has 0 saturated carbocycles. The van der Waals surface area contributed by atoms with Crippen LogP contribution in [-0.4, -0.2) is 58.3 Å². The summed E-state index contributed by atoms with van der Waals surface area (Å²) in [6, 6.07) is 0. The van der Waals surface area contributed by atoms with Crippen LogP contribution in [-0.2, 0) is 28.8 Å². The van der Waals surface area contributed by atoms with Crippen LogP contribution in [0, 0.1) is 0 Å². The third-order valence-electron chi connectivity index (χ3n) is 2.38. The van der Waals surface area contributed by atoms with Crippen molar-refractivity contribution < 1.29 is 39.0 Å². The van der Waals surface area contributed by atoms with Crippen molar-refractivity contribution in [3.05, 3.63) is 0 Å². The van der Waals surface area contributed by atoms with Crippen molar-refractivity contribution in [3.8, 4) is 0 Å². The molecule has 1 unspecified atom stereocenters. The molecule has 0 radical (unpaired) electrons. The quantitative estimate of drug-likeness (QED) is 0.417. The maximum atomic E-state index is 11.3. The smallest absolute Gasteiger partial charge is 0.333 e. The van der Waals surface area contributed by atoms with E-state index in [1.165, 1.54) is 0 Å². The Balaban J connectivity index is 2.24. The predicted octanol–water partition coefficient (Wildman–Crippen LogP) is -1.73. The summed E-state index contributed by atoms with van der Waals surface area (Å²) in [7, 11) is 0. The van der Waals surface area contributed by atoms with Gasteiger partial charge in [0, 0.05) is 12.8 Å². The van der Waals surface area contributed by atoms with E-state index in [4.69, 9.17) is 10.2 Å². The van der Waals surface area contributed by atoms with Crippen molar-refractivity contribution in [2.24, 2.45) is 0 Å². The molecule has 0 bridgehead atoms. The van der Waals surface area contributed by atoms with Crippen LogP contribution in [0.4, 0.5) is 0 Å². The minimum absolute atomic E-state index is 0.00674. The molecule has 9 heteroatoms. The van der Waals surface area contributed by atoms with Crippen molar-refractivity contribution >= 4 is 23.8 Å². The van der Waals surface area contributed by atoms with Crippen LogP contribution in [0.3, 0.4) is 0 Å². The van der Waals surface area contributed by atoms with Crippen LogP contribution in [0.25, 0.3) is 0 Å². The number of nitrogens with zero attached hydrogens (tertiary/aromatic N) is 1. The van der Waals surface area contributed by atoms with Crippen LogP contribution < -0.4 is 0 Å². The van der Waals surface area contributed by atoms with Gasteiger partial charge >= 0.3 is 11.9 Å². The van der Waals surface area contributed by atoms with Gasteiger partial charge in [-0.15, -0.1) is 5.06 Å². The van der Waals surface area contributed by atoms with Crippen LogP contribution in [0.5, 0.6) is 0 Å². The third-order valence-corrected chi connectivity index (χ3v) is 2.38. The lowest BCUT2D eigenvalue weighted by Gasteiger charge is -2.12. The number of aliphatic hydroxyl groups is 2. The highest BCUT2D eigenvalue weighted by Gasteiger charge is 2.32. The van der Waals surface area contributed by atoms with Gasteiger partial charge in [0.25, 0.3) is 11.8 Å². The van der Waals surface area contributed by atoms with Crippen LogP contribution in [0.2, 0.25) is 0 Å². The molecule has 2 amide bonds. The fraction of sp³-hybridized carbons (Fsp3) is 0.636. The number of hydroxylamine groups is 2. The molecule has 2 N–H and O–H groups in total. The maximum absolute atomic E-state index is 11.3. The molecular weight excluding hydrogens is 274 g/mol. The van der Waals surface area contributed by atoms with Gasteiger partial charge in [0.2, 0.25) is 0 Å². The maximum Gasteiger partial charge on any atom is 0.333 e. The van der Waals surface area contributed by atoms with Gasteiger partial charge in [-0.25, -0.2) is 4.79 Å². The van der Waals surface area contributed by atoms with E-state index in [1.54, 1.807) is 0 Å². The summed E-state index contributed by atoms with van der Waals surface area (Å²) in [6.45, 7) is -0.929. The predicted molar refractivity (Wildman–Crippen MR) is 60.5 cm³/mol. The lowest BCUT2D eigenvalue weighted by Crippen LogP contribution is -2.32. The molecule has 112 valence electrons. The zero-order valence-electron chi connectivity index (χ0n) is 10.6. The lowest BCUT2D eigenvalue weighted by atomic mass is 10.3. The second-order valence-electron chi connectivity index (χ2n) is 4.06. The summed E-state index contributed by atoms with van der Waals surface area (Å²) < 4.78 is 4.55. The minimum atomic E-state index is -1.18. The number of carbonyl (C=O) groups excluding carboxylic acids is 4. The average molecular weight is 289 g/mol. The standard InChI is InChI=1S/C11H15NO8/c13-5-7(14)6-19-10(17)3-4-11(18)20-12-8(15)1-2-9(12)16/h7,13-14H,1-6H2. The Morgan fingerprint density at radius 1 is 1.15 bits per heavy atom. The number of ether oxygens (including phenoxy) is 1. The normalized spacial score (nSPS) is 16.2. The number of amides is 2. The topological polar surface area (TPSA) is 130 Å². The first-order valence-electron chi connectivity index (χ1n) is 5.95. The molecule has 0 aromatic rings. The SMILES string of the molecule is O=C(CCC(=O)ON1C(=O)CCC1=O)OCC(O)CO. The van der Waals surface area contributed by atoms with Gasteiger partial charge in [-0.05, 0) is 0 Å². The average Bonchev–Trinajstić information content (AvgIpc) is 2.74. The molecule has 20 heavy (non-hydrogen) atoms. The summed E-state index contributed by atoms with van der Waals surface area (Å²) in [5.41, 5.74) is 0. The summed E-state index contributed by atoms with van der Waals surface area (Å²) in [5.74, 6) is -2.88. The fourth-order valence-electron chi connectivity index (χ4n) is 1.32. The minimum Gasteiger partial charge on any atom is -0.463 e.